The zero-order chi connectivity index (χ0) is 21.2. The van der Waals surface area contributed by atoms with Gasteiger partial charge >= 0.3 is 12.1 Å². The van der Waals surface area contributed by atoms with Gasteiger partial charge in [-0.25, -0.2) is 0 Å². The van der Waals surface area contributed by atoms with E-state index in [0.717, 1.165) is 44.2 Å². The number of ether oxygens (including phenoxy) is 1. The SMILES string of the molecule is CC(C)CCN.CCOC(=O)CC1CCCC(c2ccccc2C(F)(F)F)C1. The maximum Gasteiger partial charge on any atom is 0.416 e. The molecule has 0 bridgehead atoms. The normalized spacial score (nSPS) is 19.7. The maximum atomic E-state index is 13.1. The monoisotopic (exact) mass is 401 g/mol. The van der Waals surface area contributed by atoms with Gasteiger partial charge in [0, 0.05) is 6.42 Å². The molecule has 0 saturated heterocycles. The Hall–Kier alpha value is -1.56. The smallest absolute Gasteiger partial charge is 0.416 e. The van der Waals surface area contributed by atoms with Crippen molar-refractivity contribution in [3.05, 3.63) is 35.4 Å². The highest BCUT2D eigenvalue weighted by Gasteiger charge is 2.36. The van der Waals surface area contributed by atoms with E-state index in [2.05, 4.69) is 13.8 Å². The van der Waals surface area contributed by atoms with Crippen LogP contribution >= 0.6 is 0 Å². The zero-order valence-electron chi connectivity index (χ0n) is 17.2. The second-order valence-corrected chi connectivity index (χ2v) is 7.79. The van der Waals surface area contributed by atoms with E-state index < -0.39 is 11.7 Å². The summed E-state index contributed by atoms with van der Waals surface area (Å²) in [7, 11) is 0. The van der Waals surface area contributed by atoms with Gasteiger partial charge in [0.15, 0.2) is 0 Å². The molecule has 0 spiro atoms. The zero-order valence-corrected chi connectivity index (χ0v) is 17.2. The van der Waals surface area contributed by atoms with Crippen LogP contribution in [0.15, 0.2) is 24.3 Å². The number of carbonyl (C=O) groups excluding carboxylic acids is 1. The van der Waals surface area contributed by atoms with Gasteiger partial charge in [0.25, 0.3) is 0 Å². The third-order valence-electron chi connectivity index (χ3n) is 4.99. The van der Waals surface area contributed by atoms with E-state index in [9.17, 15) is 18.0 Å². The van der Waals surface area contributed by atoms with E-state index in [1.165, 1.54) is 6.07 Å². The van der Waals surface area contributed by atoms with Crippen molar-refractivity contribution in [2.75, 3.05) is 13.2 Å². The highest BCUT2D eigenvalue weighted by atomic mass is 19.4. The van der Waals surface area contributed by atoms with E-state index in [1.54, 1.807) is 19.1 Å². The first kappa shape index (κ1) is 24.5. The molecule has 6 heteroatoms. The number of rotatable bonds is 6. The average molecular weight is 402 g/mol. The van der Waals surface area contributed by atoms with E-state index in [4.69, 9.17) is 10.5 Å². The second-order valence-electron chi connectivity index (χ2n) is 7.79. The molecule has 1 fully saturated rings. The van der Waals surface area contributed by atoms with Crippen molar-refractivity contribution in [1.82, 2.24) is 0 Å². The molecule has 1 saturated carbocycles. The van der Waals surface area contributed by atoms with Crippen molar-refractivity contribution in [3.8, 4) is 0 Å². The highest BCUT2D eigenvalue weighted by molar-refractivity contribution is 5.69. The summed E-state index contributed by atoms with van der Waals surface area (Å²) in [6.07, 6.45) is 0.214. The molecule has 2 atom stereocenters. The molecule has 1 aliphatic carbocycles. The van der Waals surface area contributed by atoms with E-state index in [0.29, 0.717) is 25.0 Å². The summed E-state index contributed by atoms with van der Waals surface area (Å²) in [6.45, 7) is 7.27. The Morgan fingerprint density at radius 3 is 2.46 bits per heavy atom. The number of alkyl halides is 3. The van der Waals surface area contributed by atoms with Crippen molar-refractivity contribution < 1.29 is 22.7 Å². The summed E-state index contributed by atoms with van der Waals surface area (Å²) < 4.78 is 44.4. The topological polar surface area (TPSA) is 52.3 Å². The van der Waals surface area contributed by atoms with Crippen LogP contribution in [0, 0.1) is 11.8 Å². The molecule has 0 heterocycles. The Bertz CT molecular complexity index is 587. The largest absolute Gasteiger partial charge is 0.466 e. The first-order valence-electron chi connectivity index (χ1n) is 10.2. The van der Waals surface area contributed by atoms with Gasteiger partial charge in [-0.3, -0.25) is 4.79 Å². The van der Waals surface area contributed by atoms with Gasteiger partial charge in [0.05, 0.1) is 12.2 Å². The molecule has 1 aromatic carbocycles. The van der Waals surface area contributed by atoms with Crippen LogP contribution in [0.2, 0.25) is 0 Å². The van der Waals surface area contributed by atoms with Gasteiger partial charge in [0.2, 0.25) is 0 Å². The van der Waals surface area contributed by atoms with Gasteiger partial charge in [-0.15, -0.1) is 0 Å². The Kier molecular flexibility index (Phi) is 10.6. The fourth-order valence-corrected chi connectivity index (χ4v) is 3.66. The lowest BCUT2D eigenvalue weighted by atomic mass is 9.75. The van der Waals surface area contributed by atoms with Crippen LogP contribution < -0.4 is 5.73 Å². The molecule has 3 nitrogen and oxygen atoms in total. The Morgan fingerprint density at radius 1 is 1.25 bits per heavy atom. The molecular formula is C22H34F3NO2. The quantitative estimate of drug-likeness (QED) is 0.602. The highest BCUT2D eigenvalue weighted by Crippen LogP contribution is 2.42. The summed E-state index contributed by atoms with van der Waals surface area (Å²) in [6, 6.07) is 5.79. The number of halogens is 3. The number of nitrogens with two attached hydrogens (primary N) is 1. The fraction of sp³-hybridized carbons (Fsp3) is 0.682. The van der Waals surface area contributed by atoms with Crippen LogP contribution in [-0.4, -0.2) is 19.1 Å². The van der Waals surface area contributed by atoms with Crippen molar-refractivity contribution >= 4 is 5.97 Å². The molecule has 2 N–H and O–H groups in total. The summed E-state index contributed by atoms with van der Waals surface area (Å²) >= 11 is 0. The van der Waals surface area contributed by atoms with E-state index in [1.807, 2.05) is 0 Å². The molecule has 160 valence electrons. The van der Waals surface area contributed by atoms with Gasteiger partial charge in [0.1, 0.15) is 0 Å². The molecule has 2 unspecified atom stereocenters. The number of esters is 1. The number of hydrogen-bond acceptors (Lipinski definition) is 3. The minimum Gasteiger partial charge on any atom is -0.466 e. The summed E-state index contributed by atoms with van der Waals surface area (Å²) in [4.78, 5) is 11.6. The van der Waals surface area contributed by atoms with Crippen LogP contribution in [0.1, 0.15) is 76.3 Å². The Morgan fingerprint density at radius 2 is 1.93 bits per heavy atom. The molecule has 0 radical (unpaired) electrons. The lowest BCUT2D eigenvalue weighted by molar-refractivity contribution is -0.144. The van der Waals surface area contributed by atoms with Gasteiger partial charge in [-0.2, -0.15) is 13.2 Å². The average Bonchev–Trinajstić information content (AvgIpc) is 2.62. The summed E-state index contributed by atoms with van der Waals surface area (Å²) in [5, 5.41) is 0. The molecule has 28 heavy (non-hydrogen) atoms. The van der Waals surface area contributed by atoms with Crippen LogP contribution in [0.5, 0.6) is 0 Å². The van der Waals surface area contributed by atoms with Gasteiger partial charge < -0.3 is 10.5 Å². The van der Waals surface area contributed by atoms with Crippen molar-refractivity contribution in [3.63, 3.8) is 0 Å². The lowest BCUT2D eigenvalue weighted by Gasteiger charge is -2.30. The molecule has 2 rings (SSSR count). The summed E-state index contributed by atoms with van der Waals surface area (Å²) in [5.74, 6) is 0.498. The fourth-order valence-electron chi connectivity index (χ4n) is 3.66. The third kappa shape index (κ3) is 8.63. The standard InChI is InChI=1S/C17H21F3O2.C5H13N/c1-2-22-16(21)11-12-6-5-7-13(10-12)14-8-3-4-9-15(14)17(18,19)20;1-5(2)3-4-6/h3-4,8-9,12-13H,2,5-7,10-11H2,1H3;5H,3-4,6H2,1-2H3. The maximum absolute atomic E-state index is 13.1. The minimum atomic E-state index is -4.33. The van der Waals surface area contributed by atoms with Gasteiger partial charge in [-0.1, -0.05) is 38.5 Å². The number of hydrogen-bond donors (Lipinski definition) is 1. The Labute approximate surface area is 166 Å². The number of carbonyl (C=O) groups is 1. The molecule has 1 aliphatic rings. The number of benzene rings is 1. The third-order valence-corrected chi connectivity index (χ3v) is 4.99. The molecule has 1 aromatic rings. The minimum absolute atomic E-state index is 0.110. The van der Waals surface area contributed by atoms with Crippen LogP contribution in [0.4, 0.5) is 13.2 Å². The van der Waals surface area contributed by atoms with Gasteiger partial charge in [-0.05, 0) is 68.5 Å². The molecule has 0 aliphatic heterocycles. The van der Waals surface area contributed by atoms with Crippen molar-refractivity contribution in [2.24, 2.45) is 17.6 Å². The first-order chi connectivity index (χ1) is 13.2. The van der Waals surface area contributed by atoms with Crippen LogP contribution in [0.25, 0.3) is 0 Å². The lowest BCUT2D eigenvalue weighted by Crippen LogP contribution is -2.21. The summed E-state index contributed by atoms with van der Waals surface area (Å²) in [5.41, 5.74) is 5.05. The molecule has 0 amide bonds. The first-order valence-corrected chi connectivity index (χ1v) is 10.2. The predicted molar refractivity (Wildman–Crippen MR) is 106 cm³/mol. The molecular weight excluding hydrogens is 367 g/mol. The van der Waals surface area contributed by atoms with Crippen LogP contribution in [0.3, 0.4) is 0 Å². The Balaban J connectivity index is 0.000000568. The molecule has 0 aromatic heterocycles. The van der Waals surface area contributed by atoms with Crippen LogP contribution in [-0.2, 0) is 15.7 Å². The van der Waals surface area contributed by atoms with Crippen molar-refractivity contribution in [2.45, 2.75) is 71.4 Å². The van der Waals surface area contributed by atoms with E-state index >= 15 is 0 Å². The van der Waals surface area contributed by atoms with Crippen molar-refractivity contribution in [1.29, 1.82) is 0 Å². The second kappa shape index (κ2) is 12.1. The predicted octanol–water partition coefficient (Wildman–Crippen LogP) is 5.92. The van der Waals surface area contributed by atoms with E-state index in [-0.39, 0.29) is 17.8 Å².